The van der Waals surface area contributed by atoms with Gasteiger partial charge in [0.1, 0.15) is 17.6 Å². The lowest BCUT2D eigenvalue weighted by atomic mass is 10.5. The smallest absolute Gasteiger partial charge is 0.356 e. The molecule has 1 atom stereocenters. The second-order valence-electron chi connectivity index (χ2n) is 3.74. The van der Waals surface area contributed by atoms with Crippen molar-refractivity contribution in [3.05, 3.63) is 11.9 Å². The van der Waals surface area contributed by atoms with Gasteiger partial charge in [-0.1, -0.05) is 11.8 Å². The maximum absolute atomic E-state index is 11.6. The molecular formula is C12H18N2O5S. The van der Waals surface area contributed by atoms with E-state index < -0.39 is 11.2 Å². The van der Waals surface area contributed by atoms with E-state index >= 15 is 0 Å². The number of hydrogen-bond donors (Lipinski definition) is 1. The Labute approximate surface area is 121 Å². The summed E-state index contributed by atoms with van der Waals surface area (Å²) in [5.41, 5.74) is 0.259. The van der Waals surface area contributed by atoms with Crippen LogP contribution in [0.15, 0.2) is 11.4 Å². The van der Waals surface area contributed by atoms with Crippen LogP contribution in [-0.4, -0.2) is 54.1 Å². The van der Waals surface area contributed by atoms with Gasteiger partial charge < -0.3 is 19.2 Å². The number of aromatic nitrogens is 2. The SMILES string of the molecule is CCOC(=O)c1cnc(SC(C)C(=O)OCCOC)[nH]1. The van der Waals surface area contributed by atoms with Gasteiger partial charge in [0.25, 0.3) is 0 Å². The zero-order valence-corrected chi connectivity index (χ0v) is 12.5. The Hall–Kier alpha value is -1.54. The van der Waals surface area contributed by atoms with Gasteiger partial charge in [-0.3, -0.25) is 4.79 Å². The molecule has 0 aliphatic rings. The molecule has 1 aromatic rings. The molecule has 0 aliphatic heterocycles. The van der Waals surface area contributed by atoms with Crippen molar-refractivity contribution >= 4 is 23.7 Å². The molecule has 0 amide bonds. The molecule has 1 rings (SSSR count). The van der Waals surface area contributed by atoms with Gasteiger partial charge in [0, 0.05) is 7.11 Å². The molecule has 8 heteroatoms. The molecule has 0 radical (unpaired) electrons. The number of thioether (sulfide) groups is 1. The molecule has 0 saturated heterocycles. The van der Waals surface area contributed by atoms with Gasteiger partial charge in [-0.25, -0.2) is 9.78 Å². The van der Waals surface area contributed by atoms with Crippen molar-refractivity contribution in [2.75, 3.05) is 26.9 Å². The van der Waals surface area contributed by atoms with E-state index in [1.165, 1.54) is 25.1 Å². The highest BCUT2D eigenvalue weighted by Crippen LogP contribution is 2.21. The zero-order valence-electron chi connectivity index (χ0n) is 11.7. The minimum atomic E-state index is -0.470. The molecule has 0 fully saturated rings. The van der Waals surface area contributed by atoms with Crippen LogP contribution in [0.25, 0.3) is 0 Å². The predicted octanol–water partition coefficient (Wildman–Crippen LogP) is 1.26. The Morgan fingerprint density at radius 3 is 2.80 bits per heavy atom. The number of methoxy groups -OCH3 is 1. The number of nitrogens with zero attached hydrogens (tertiary/aromatic N) is 1. The van der Waals surface area contributed by atoms with Crippen LogP contribution in [0, 0.1) is 0 Å². The maximum Gasteiger partial charge on any atom is 0.356 e. The fraction of sp³-hybridized carbons (Fsp3) is 0.583. The fourth-order valence-electron chi connectivity index (χ4n) is 1.23. The predicted molar refractivity (Wildman–Crippen MR) is 72.7 cm³/mol. The van der Waals surface area contributed by atoms with Crippen molar-refractivity contribution in [1.82, 2.24) is 9.97 Å². The van der Waals surface area contributed by atoms with Crippen LogP contribution in [-0.2, 0) is 19.0 Å². The van der Waals surface area contributed by atoms with Gasteiger partial charge in [-0.15, -0.1) is 0 Å². The number of hydrogen-bond acceptors (Lipinski definition) is 7. The topological polar surface area (TPSA) is 90.5 Å². The van der Waals surface area contributed by atoms with Crippen LogP contribution in [0.2, 0.25) is 0 Å². The highest BCUT2D eigenvalue weighted by molar-refractivity contribution is 8.00. The van der Waals surface area contributed by atoms with Crippen molar-refractivity contribution < 1.29 is 23.8 Å². The van der Waals surface area contributed by atoms with Crippen molar-refractivity contribution in [2.45, 2.75) is 24.3 Å². The van der Waals surface area contributed by atoms with Crippen LogP contribution >= 0.6 is 11.8 Å². The van der Waals surface area contributed by atoms with Gasteiger partial charge in [-0.05, 0) is 13.8 Å². The minimum absolute atomic E-state index is 0.215. The summed E-state index contributed by atoms with van der Waals surface area (Å²) in [4.78, 5) is 29.9. The van der Waals surface area contributed by atoms with E-state index in [1.54, 1.807) is 13.8 Å². The lowest BCUT2D eigenvalue weighted by Crippen LogP contribution is -2.19. The van der Waals surface area contributed by atoms with Crippen LogP contribution in [0.3, 0.4) is 0 Å². The minimum Gasteiger partial charge on any atom is -0.462 e. The maximum atomic E-state index is 11.6. The molecule has 1 heterocycles. The van der Waals surface area contributed by atoms with Gasteiger partial charge in [0.05, 0.1) is 19.4 Å². The molecule has 0 aromatic carbocycles. The summed E-state index contributed by atoms with van der Waals surface area (Å²) >= 11 is 1.18. The Bertz CT molecular complexity index is 449. The number of carbonyl (C=O) groups is 2. The Morgan fingerprint density at radius 2 is 2.15 bits per heavy atom. The number of esters is 2. The van der Waals surface area contributed by atoms with Crippen LogP contribution in [0.1, 0.15) is 24.3 Å². The number of aromatic amines is 1. The first kappa shape index (κ1) is 16.5. The number of ether oxygens (including phenoxy) is 3. The molecule has 112 valence electrons. The standard InChI is InChI=1S/C12H18N2O5S/c1-4-18-11(16)9-7-13-12(14-9)20-8(2)10(15)19-6-5-17-3/h7-8H,4-6H2,1-3H3,(H,13,14). The van der Waals surface area contributed by atoms with Gasteiger partial charge in [0.15, 0.2) is 5.16 Å². The molecule has 1 unspecified atom stereocenters. The monoisotopic (exact) mass is 302 g/mol. The molecule has 7 nitrogen and oxygen atoms in total. The molecular weight excluding hydrogens is 284 g/mol. The Morgan fingerprint density at radius 1 is 1.40 bits per heavy atom. The van der Waals surface area contributed by atoms with Crippen LogP contribution in [0.5, 0.6) is 0 Å². The Kier molecular flexibility index (Phi) is 7.10. The number of H-pyrrole nitrogens is 1. The molecule has 1 aromatic heterocycles. The molecule has 20 heavy (non-hydrogen) atoms. The lowest BCUT2D eigenvalue weighted by Gasteiger charge is -2.09. The number of rotatable bonds is 8. The van der Waals surface area contributed by atoms with Crippen molar-refractivity contribution in [1.29, 1.82) is 0 Å². The van der Waals surface area contributed by atoms with E-state index in [-0.39, 0.29) is 18.3 Å². The van der Waals surface area contributed by atoms with E-state index in [0.29, 0.717) is 18.4 Å². The molecule has 0 bridgehead atoms. The summed E-state index contributed by atoms with van der Waals surface area (Å²) in [5.74, 6) is -0.830. The van der Waals surface area contributed by atoms with Crippen LogP contribution in [0.4, 0.5) is 0 Å². The molecule has 0 spiro atoms. The average Bonchev–Trinajstić information content (AvgIpc) is 2.87. The van der Waals surface area contributed by atoms with Gasteiger partial charge in [-0.2, -0.15) is 0 Å². The first-order chi connectivity index (χ1) is 9.58. The van der Waals surface area contributed by atoms with Gasteiger partial charge >= 0.3 is 11.9 Å². The lowest BCUT2D eigenvalue weighted by molar-refractivity contribution is -0.143. The molecule has 1 N–H and O–H groups in total. The second kappa shape index (κ2) is 8.60. The first-order valence-corrected chi connectivity index (χ1v) is 7.00. The molecule has 0 aliphatic carbocycles. The second-order valence-corrected chi connectivity index (χ2v) is 5.07. The van der Waals surface area contributed by atoms with Crippen molar-refractivity contribution in [2.24, 2.45) is 0 Å². The number of nitrogens with one attached hydrogen (secondary N) is 1. The van der Waals surface area contributed by atoms with Gasteiger partial charge in [0.2, 0.25) is 0 Å². The van der Waals surface area contributed by atoms with Crippen LogP contribution < -0.4 is 0 Å². The van der Waals surface area contributed by atoms with E-state index in [0.717, 1.165) is 0 Å². The van der Waals surface area contributed by atoms with E-state index in [9.17, 15) is 9.59 Å². The highest BCUT2D eigenvalue weighted by atomic mass is 32.2. The van der Waals surface area contributed by atoms with Crippen molar-refractivity contribution in [3.63, 3.8) is 0 Å². The quantitative estimate of drug-likeness (QED) is 0.439. The number of carbonyl (C=O) groups excluding carboxylic acids is 2. The normalized spacial score (nSPS) is 11.9. The molecule has 0 saturated carbocycles. The number of imidazole rings is 1. The summed E-state index contributed by atoms with van der Waals surface area (Å²) in [6.07, 6.45) is 1.38. The summed E-state index contributed by atoms with van der Waals surface area (Å²) in [7, 11) is 1.53. The van der Waals surface area contributed by atoms with E-state index in [1.807, 2.05) is 0 Å². The summed E-state index contributed by atoms with van der Waals surface area (Å²) < 4.78 is 14.6. The average molecular weight is 302 g/mol. The fourth-order valence-corrected chi connectivity index (χ4v) is 2.02. The third-order valence-corrected chi connectivity index (χ3v) is 3.18. The Balaban J connectivity index is 2.47. The third kappa shape index (κ3) is 5.22. The largest absolute Gasteiger partial charge is 0.462 e. The van der Waals surface area contributed by atoms with E-state index in [4.69, 9.17) is 14.2 Å². The first-order valence-electron chi connectivity index (χ1n) is 6.12. The zero-order chi connectivity index (χ0) is 15.0. The van der Waals surface area contributed by atoms with Crippen molar-refractivity contribution in [3.8, 4) is 0 Å². The van der Waals surface area contributed by atoms with E-state index in [2.05, 4.69) is 9.97 Å². The highest BCUT2D eigenvalue weighted by Gasteiger charge is 2.19. The summed E-state index contributed by atoms with van der Waals surface area (Å²) in [6, 6.07) is 0. The summed E-state index contributed by atoms with van der Waals surface area (Å²) in [5, 5.41) is 0.0253. The summed E-state index contributed by atoms with van der Waals surface area (Å²) in [6.45, 7) is 4.29. The third-order valence-electron chi connectivity index (χ3n) is 2.20.